The number of aromatic nitrogens is 4. The minimum atomic E-state index is 0.0863. The maximum atomic E-state index is 10.0. The monoisotopic (exact) mass is 444 g/mol. The number of hydrogen-bond donors (Lipinski definition) is 2. The molecule has 32 heavy (non-hydrogen) atoms. The Bertz CT molecular complexity index is 1400. The van der Waals surface area contributed by atoms with Gasteiger partial charge in [-0.25, -0.2) is 0 Å². The van der Waals surface area contributed by atoms with Crippen LogP contribution in [0.5, 0.6) is 17.2 Å². The van der Waals surface area contributed by atoms with Crippen LogP contribution in [-0.2, 0) is 0 Å². The lowest BCUT2D eigenvalue weighted by atomic mass is 10.1. The van der Waals surface area contributed by atoms with Crippen LogP contribution in [0.4, 0.5) is 0 Å². The van der Waals surface area contributed by atoms with E-state index in [1.165, 1.54) is 30.6 Å². The van der Waals surface area contributed by atoms with E-state index < -0.39 is 0 Å². The third-order valence-electron chi connectivity index (χ3n) is 4.78. The van der Waals surface area contributed by atoms with Gasteiger partial charge < -0.3 is 19.4 Å². The second kappa shape index (κ2) is 8.12. The first-order chi connectivity index (χ1) is 15.6. The standard InChI is InChI=1S/C23H16N4O4S/c1-30-19-12-15(28)10-11-17(19)21-25-24-20(31-21)13-6-8-14(9-7-13)22-26-27-23(32-22)16-4-2-3-5-18(16)29/h2-12,28-29H,1H3. The molecule has 0 saturated carbocycles. The zero-order chi connectivity index (χ0) is 22.1. The predicted octanol–water partition coefficient (Wildman–Crippen LogP) is 5.01. The molecule has 0 amide bonds. The molecule has 3 aromatic carbocycles. The molecular weight excluding hydrogens is 428 g/mol. The Morgan fingerprint density at radius 3 is 2.25 bits per heavy atom. The Labute approximate surface area is 186 Å². The lowest BCUT2D eigenvalue weighted by Gasteiger charge is -2.04. The van der Waals surface area contributed by atoms with Crippen LogP contribution >= 0.6 is 11.3 Å². The smallest absolute Gasteiger partial charge is 0.251 e. The first kappa shape index (κ1) is 19.7. The minimum absolute atomic E-state index is 0.0863. The summed E-state index contributed by atoms with van der Waals surface area (Å²) in [6.45, 7) is 0. The summed E-state index contributed by atoms with van der Waals surface area (Å²) in [4.78, 5) is 0. The molecule has 2 aromatic heterocycles. The van der Waals surface area contributed by atoms with E-state index >= 15 is 0 Å². The molecule has 0 atom stereocenters. The molecule has 0 aliphatic carbocycles. The fourth-order valence-corrected chi connectivity index (χ4v) is 4.05. The number of phenolic OH excluding ortho intramolecular Hbond substituents is 2. The molecule has 0 saturated heterocycles. The Morgan fingerprint density at radius 2 is 1.47 bits per heavy atom. The molecular formula is C23H16N4O4S. The van der Waals surface area contributed by atoms with Gasteiger partial charge in [-0.05, 0) is 36.4 Å². The van der Waals surface area contributed by atoms with E-state index in [4.69, 9.17) is 9.15 Å². The Balaban J connectivity index is 1.40. The SMILES string of the molecule is COc1cc(O)ccc1-c1nnc(-c2ccc(-c3nnc(-c4ccccc4O)s3)cc2)o1. The lowest BCUT2D eigenvalue weighted by Crippen LogP contribution is -1.87. The number of phenols is 2. The summed E-state index contributed by atoms with van der Waals surface area (Å²) in [5.41, 5.74) is 2.87. The molecule has 5 aromatic rings. The van der Waals surface area contributed by atoms with Gasteiger partial charge in [-0.15, -0.1) is 20.4 Å². The van der Waals surface area contributed by atoms with E-state index in [9.17, 15) is 10.2 Å². The Morgan fingerprint density at radius 1 is 0.750 bits per heavy atom. The van der Waals surface area contributed by atoms with Crippen LogP contribution in [-0.4, -0.2) is 37.7 Å². The molecule has 0 aliphatic heterocycles. The first-order valence-corrected chi connectivity index (χ1v) is 10.4. The summed E-state index contributed by atoms with van der Waals surface area (Å²) >= 11 is 1.39. The number of para-hydroxylation sites is 1. The summed E-state index contributed by atoms with van der Waals surface area (Å²) in [5.74, 6) is 1.34. The number of benzene rings is 3. The Hall–Kier alpha value is -4.24. The minimum Gasteiger partial charge on any atom is -0.508 e. The van der Waals surface area contributed by atoms with Gasteiger partial charge in [0.05, 0.1) is 18.2 Å². The van der Waals surface area contributed by atoms with E-state index in [0.717, 1.165) is 16.1 Å². The Kier molecular flexibility index (Phi) is 5.00. The number of rotatable bonds is 5. The first-order valence-electron chi connectivity index (χ1n) is 9.56. The summed E-state index contributed by atoms with van der Waals surface area (Å²) < 4.78 is 11.1. The number of ether oxygens (including phenoxy) is 1. The van der Waals surface area contributed by atoms with Gasteiger partial charge in [0, 0.05) is 17.2 Å². The topological polar surface area (TPSA) is 114 Å². The molecule has 9 heteroatoms. The fourth-order valence-electron chi connectivity index (χ4n) is 3.16. The molecule has 0 radical (unpaired) electrons. The van der Waals surface area contributed by atoms with Crippen molar-refractivity contribution < 1.29 is 19.4 Å². The van der Waals surface area contributed by atoms with Gasteiger partial charge in [0.2, 0.25) is 5.89 Å². The lowest BCUT2D eigenvalue weighted by molar-refractivity contribution is 0.407. The number of nitrogens with zero attached hydrogens (tertiary/aromatic N) is 4. The average molecular weight is 444 g/mol. The molecule has 8 nitrogen and oxygen atoms in total. The van der Waals surface area contributed by atoms with Crippen LogP contribution in [0.25, 0.3) is 44.1 Å². The summed E-state index contributed by atoms with van der Waals surface area (Å²) in [7, 11) is 1.51. The number of methoxy groups -OCH3 is 1. The van der Waals surface area contributed by atoms with Crippen molar-refractivity contribution in [2.24, 2.45) is 0 Å². The van der Waals surface area contributed by atoms with Crippen LogP contribution in [0.15, 0.2) is 71.1 Å². The van der Waals surface area contributed by atoms with Gasteiger partial charge in [0.1, 0.15) is 22.3 Å². The highest BCUT2D eigenvalue weighted by Gasteiger charge is 2.16. The van der Waals surface area contributed by atoms with E-state index in [0.29, 0.717) is 27.8 Å². The van der Waals surface area contributed by atoms with Crippen LogP contribution in [0, 0.1) is 0 Å². The highest BCUT2D eigenvalue weighted by molar-refractivity contribution is 7.18. The summed E-state index contributed by atoms with van der Waals surface area (Å²) in [5, 5.41) is 37.7. The van der Waals surface area contributed by atoms with Crippen molar-refractivity contribution in [2.75, 3.05) is 7.11 Å². The zero-order valence-electron chi connectivity index (χ0n) is 16.8. The van der Waals surface area contributed by atoms with Crippen molar-refractivity contribution in [1.82, 2.24) is 20.4 Å². The maximum Gasteiger partial charge on any atom is 0.251 e. The summed E-state index contributed by atoms with van der Waals surface area (Å²) in [6.07, 6.45) is 0. The van der Waals surface area contributed by atoms with Crippen LogP contribution in [0.1, 0.15) is 0 Å². The normalized spacial score (nSPS) is 10.9. The number of hydrogen-bond acceptors (Lipinski definition) is 9. The third-order valence-corrected chi connectivity index (χ3v) is 5.78. The van der Waals surface area contributed by atoms with Crippen molar-refractivity contribution in [3.05, 3.63) is 66.7 Å². The predicted molar refractivity (Wildman–Crippen MR) is 119 cm³/mol. The molecule has 2 heterocycles. The molecule has 2 N–H and O–H groups in total. The van der Waals surface area contributed by atoms with Crippen LogP contribution < -0.4 is 4.74 Å². The molecule has 0 spiro atoms. The third kappa shape index (κ3) is 3.65. The van der Waals surface area contributed by atoms with Crippen molar-refractivity contribution in [2.45, 2.75) is 0 Å². The fraction of sp³-hybridized carbons (Fsp3) is 0.0435. The molecule has 0 fully saturated rings. The zero-order valence-corrected chi connectivity index (χ0v) is 17.6. The summed E-state index contributed by atoms with van der Waals surface area (Å²) in [6, 6.07) is 19.2. The number of aromatic hydroxyl groups is 2. The quantitative estimate of drug-likeness (QED) is 0.389. The second-order valence-electron chi connectivity index (χ2n) is 6.80. The second-order valence-corrected chi connectivity index (χ2v) is 7.78. The molecule has 158 valence electrons. The molecule has 0 unspecified atom stereocenters. The van der Waals surface area contributed by atoms with Crippen molar-refractivity contribution in [3.63, 3.8) is 0 Å². The molecule has 0 bridgehead atoms. The largest absolute Gasteiger partial charge is 0.508 e. The van der Waals surface area contributed by atoms with E-state index in [1.807, 2.05) is 30.3 Å². The van der Waals surface area contributed by atoms with E-state index in [-0.39, 0.29) is 17.4 Å². The van der Waals surface area contributed by atoms with Gasteiger partial charge in [-0.2, -0.15) is 0 Å². The highest BCUT2D eigenvalue weighted by atomic mass is 32.1. The van der Waals surface area contributed by atoms with Gasteiger partial charge in [-0.1, -0.05) is 35.6 Å². The highest BCUT2D eigenvalue weighted by Crippen LogP contribution is 2.36. The van der Waals surface area contributed by atoms with Crippen molar-refractivity contribution >= 4 is 11.3 Å². The average Bonchev–Trinajstić information content (AvgIpc) is 3.50. The van der Waals surface area contributed by atoms with Gasteiger partial charge in [0.15, 0.2) is 5.01 Å². The van der Waals surface area contributed by atoms with E-state index in [1.54, 1.807) is 24.3 Å². The maximum absolute atomic E-state index is 10.0. The van der Waals surface area contributed by atoms with Crippen molar-refractivity contribution in [1.29, 1.82) is 0 Å². The van der Waals surface area contributed by atoms with Crippen LogP contribution in [0.3, 0.4) is 0 Å². The van der Waals surface area contributed by atoms with Crippen molar-refractivity contribution in [3.8, 4) is 61.3 Å². The van der Waals surface area contributed by atoms with E-state index in [2.05, 4.69) is 20.4 Å². The molecule has 5 rings (SSSR count). The van der Waals surface area contributed by atoms with Gasteiger partial charge in [0.25, 0.3) is 5.89 Å². The van der Waals surface area contributed by atoms with Gasteiger partial charge in [-0.3, -0.25) is 0 Å². The van der Waals surface area contributed by atoms with Gasteiger partial charge >= 0.3 is 0 Å². The van der Waals surface area contributed by atoms with Crippen LogP contribution in [0.2, 0.25) is 0 Å². The molecule has 0 aliphatic rings.